The topological polar surface area (TPSA) is 78.4 Å². The van der Waals surface area contributed by atoms with Crippen molar-refractivity contribution >= 4 is 0 Å². The molecule has 0 saturated heterocycles. The molecule has 0 unspecified atom stereocenters. The summed E-state index contributed by atoms with van der Waals surface area (Å²) in [5.41, 5.74) is 5.12. The molecular weight excluding hydrogens is 406 g/mol. The Morgan fingerprint density at radius 3 is 2.50 bits per heavy atom. The van der Waals surface area contributed by atoms with Crippen LogP contribution in [-0.4, -0.2) is 46.1 Å². The number of aryl methyl sites for hydroxylation is 1. The Kier molecular flexibility index (Phi) is 6.23. The number of para-hydroxylation sites is 1. The van der Waals surface area contributed by atoms with E-state index < -0.39 is 0 Å². The molecule has 32 heavy (non-hydrogen) atoms. The van der Waals surface area contributed by atoms with Crippen LogP contribution in [0.4, 0.5) is 0 Å². The molecule has 0 fully saturated rings. The second-order valence-corrected chi connectivity index (χ2v) is 7.65. The van der Waals surface area contributed by atoms with Gasteiger partial charge in [-0.15, -0.1) is 0 Å². The second-order valence-electron chi connectivity index (χ2n) is 7.65. The molecule has 0 aliphatic rings. The molecular formula is C24H27N5O3. The Morgan fingerprint density at radius 2 is 1.78 bits per heavy atom. The molecule has 0 saturated carbocycles. The minimum atomic E-state index is 0.483. The summed E-state index contributed by atoms with van der Waals surface area (Å²) in [6.07, 6.45) is 0. The summed E-state index contributed by atoms with van der Waals surface area (Å²) in [6.45, 7) is 5.36. The van der Waals surface area contributed by atoms with Crippen LogP contribution in [0.1, 0.15) is 22.8 Å². The zero-order valence-electron chi connectivity index (χ0n) is 19.0. The number of hydrogen-bond acceptors (Lipinski definition) is 7. The van der Waals surface area contributed by atoms with E-state index in [0.29, 0.717) is 36.3 Å². The van der Waals surface area contributed by atoms with E-state index in [1.165, 1.54) is 5.56 Å². The van der Waals surface area contributed by atoms with Crippen LogP contribution in [-0.2, 0) is 13.1 Å². The van der Waals surface area contributed by atoms with Crippen LogP contribution in [0.15, 0.2) is 53.1 Å². The predicted molar refractivity (Wildman–Crippen MR) is 121 cm³/mol. The van der Waals surface area contributed by atoms with E-state index in [-0.39, 0.29) is 0 Å². The first kappa shape index (κ1) is 21.6. The lowest BCUT2D eigenvalue weighted by atomic mass is 10.2. The van der Waals surface area contributed by atoms with Gasteiger partial charge in [-0.2, -0.15) is 10.1 Å². The van der Waals surface area contributed by atoms with Gasteiger partial charge in [0.25, 0.3) is 0 Å². The zero-order chi connectivity index (χ0) is 22.7. The van der Waals surface area contributed by atoms with Crippen molar-refractivity contribution in [3.05, 3.63) is 71.4 Å². The van der Waals surface area contributed by atoms with Crippen molar-refractivity contribution in [3.63, 3.8) is 0 Å². The highest BCUT2D eigenvalue weighted by atomic mass is 16.5. The van der Waals surface area contributed by atoms with Crippen LogP contribution in [0.3, 0.4) is 0 Å². The summed E-state index contributed by atoms with van der Waals surface area (Å²) in [5, 5.41) is 8.87. The van der Waals surface area contributed by atoms with Crippen molar-refractivity contribution in [1.82, 2.24) is 24.8 Å². The maximum Gasteiger partial charge on any atom is 0.241 e. The number of nitrogens with zero attached hydrogens (tertiary/aromatic N) is 5. The van der Waals surface area contributed by atoms with Crippen molar-refractivity contribution in [2.45, 2.75) is 26.9 Å². The third kappa shape index (κ3) is 4.36. The van der Waals surface area contributed by atoms with E-state index in [2.05, 4.69) is 34.1 Å². The Labute approximate surface area is 187 Å². The number of aromatic nitrogens is 4. The van der Waals surface area contributed by atoms with Crippen LogP contribution in [0.25, 0.3) is 17.1 Å². The summed E-state index contributed by atoms with van der Waals surface area (Å²) in [4.78, 5) is 6.70. The van der Waals surface area contributed by atoms with E-state index in [0.717, 1.165) is 22.6 Å². The van der Waals surface area contributed by atoms with E-state index >= 15 is 0 Å². The van der Waals surface area contributed by atoms with Gasteiger partial charge in [0.2, 0.25) is 11.7 Å². The van der Waals surface area contributed by atoms with Crippen LogP contribution < -0.4 is 9.47 Å². The van der Waals surface area contributed by atoms with Crippen LogP contribution in [0.5, 0.6) is 11.5 Å². The number of benzene rings is 2. The fourth-order valence-corrected chi connectivity index (χ4v) is 3.69. The first-order valence-electron chi connectivity index (χ1n) is 10.3. The monoisotopic (exact) mass is 433 g/mol. The van der Waals surface area contributed by atoms with Gasteiger partial charge in [0.05, 0.1) is 37.7 Å². The first-order valence-corrected chi connectivity index (χ1v) is 10.3. The lowest BCUT2D eigenvalue weighted by Crippen LogP contribution is -2.18. The molecule has 0 bridgehead atoms. The minimum absolute atomic E-state index is 0.483. The van der Waals surface area contributed by atoms with Crippen molar-refractivity contribution < 1.29 is 14.0 Å². The van der Waals surface area contributed by atoms with E-state index in [4.69, 9.17) is 19.1 Å². The molecule has 2 aromatic heterocycles. The molecule has 2 heterocycles. The largest absolute Gasteiger partial charge is 0.497 e. The normalized spacial score (nSPS) is 11.2. The zero-order valence-corrected chi connectivity index (χ0v) is 19.0. The van der Waals surface area contributed by atoms with Crippen molar-refractivity contribution in [2.75, 3.05) is 21.3 Å². The summed E-state index contributed by atoms with van der Waals surface area (Å²) in [6, 6.07) is 15.7. The number of hydrogen-bond donors (Lipinski definition) is 0. The van der Waals surface area contributed by atoms with Crippen molar-refractivity contribution in [2.24, 2.45) is 0 Å². The maximum absolute atomic E-state index is 5.51. The van der Waals surface area contributed by atoms with Crippen molar-refractivity contribution in [3.8, 4) is 28.6 Å². The van der Waals surface area contributed by atoms with Gasteiger partial charge in [-0.05, 0) is 45.2 Å². The quantitative estimate of drug-likeness (QED) is 0.412. The molecule has 8 nitrogen and oxygen atoms in total. The summed E-state index contributed by atoms with van der Waals surface area (Å²) in [7, 11) is 5.24. The highest BCUT2D eigenvalue weighted by Gasteiger charge is 2.18. The summed E-state index contributed by atoms with van der Waals surface area (Å²) >= 11 is 0. The Balaban J connectivity index is 1.49. The third-order valence-corrected chi connectivity index (χ3v) is 5.39. The molecule has 0 atom stereocenters. The van der Waals surface area contributed by atoms with Crippen molar-refractivity contribution in [1.29, 1.82) is 0 Å². The highest BCUT2D eigenvalue weighted by molar-refractivity contribution is 5.65. The Hall–Kier alpha value is -3.65. The van der Waals surface area contributed by atoms with Gasteiger partial charge in [-0.25, -0.2) is 4.68 Å². The standard InChI is InChI=1S/C24H27N5O3/c1-16-21(17(2)29(26-16)18-9-7-6-8-10-18)14-28(3)15-23-25-24(27-32-23)20-12-11-19(30-4)13-22(20)31-5/h6-13H,14-15H2,1-5H3. The lowest BCUT2D eigenvalue weighted by Gasteiger charge is -2.14. The lowest BCUT2D eigenvalue weighted by molar-refractivity contribution is 0.260. The van der Waals surface area contributed by atoms with Crippen LogP contribution in [0.2, 0.25) is 0 Å². The van der Waals surface area contributed by atoms with E-state index in [1.807, 2.05) is 49.0 Å². The van der Waals surface area contributed by atoms with Crippen LogP contribution >= 0.6 is 0 Å². The fraction of sp³-hybridized carbons (Fsp3) is 0.292. The molecule has 0 spiro atoms. The van der Waals surface area contributed by atoms with E-state index in [1.54, 1.807) is 20.3 Å². The van der Waals surface area contributed by atoms with E-state index in [9.17, 15) is 0 Å². The summed E-state index contributed by atoms with van der Waals surface area (Å²) in [5.74, 6) is 2.35. The Bertz CT molecular complexity index is 1200. The molecule has 8 heteroatoms. The minimum Gasteiger partial charge on any atom is -0.497 e. The van der Waals surface area contributed by atoms with Crippen LogP contribution in [0, 0.1) is 13.8 Å². The average molecular weight is 434 g/mol. The molecule has 0 amide bonds. The second kappa shape index (κ2) is 9.23. The maximum atomic E-state index is 5.51. The fourth-order valence-electron chi connectivity index (χ4n) is 3.69. The first-order chi connectivity index (χ1) is 15.5. The molecule has 2 aromatic carbocycles. The molecule has 0 radical (unpaired) electrons. The van der Waals surface area contributed by atoms with Gasteiger partial charge >= 0.3 is 0 Å². The van der Waals surface area contributed by atoms with Gasteiger partial charge in [0, 0.05) is 23.9 Å². The highest BCUT2D eigenvalue weighted by Crippen LogP contribution is 2.31. The molecule has 0 N–H and O–H groups in total. The Morgan fingerprint density at radius 1 is 1.00 bits per heavy atom. The molecule has 4 aromatic rings. The number of methoxy groups -OCH3 is 2. The average Bonchev–Trinajstić information content (AvgIpc) is 3.38. The SMILES string of the molecule is COc1ccc(-c2noc(CN(C)Cc3c(C)nn(-c4ccccc4)c3C)n2)c(OC)c1. The van der Waals surface area contributed by atoms with Gasteiger partial charge in [-0.1, -0.05) is 23.4 Å². The van der Waals surface area contributed by atoms with Gasteiger partial charge in [0.15, 0.2) is 0 Å². The van der Waals surface area contributed by atoms with Gasteiger partial charge in [-0.3, -0.25) is 4.90 Å². The number of ether oxygens (including phenoxy) is 2. The summed E-state index contributed by atoms with van der Waals surface area (Å²) < 4.78 is 18.2. The molecule has 4 rings (SSSR count). The molecule has 166 valence electrons. The predicted octanol–water partition coefficient (Wildman–Crippen LogP) is 4.19. The number of rotatable bonds is 8. The third-order valence-electron chi connectivity index (χ3n) is 5.39. The van der Waals surface area contributed by atoms with Gasteiger partial charge in [0.1, 0.15) is 11.5 Å². The molecule has 0 aliphatic carbocycles. The smallest absolute Gasteiger partial charge is 0.241 e. The molecule has 0 aliphatic heterocycles. The van der Waals surface area contributed by atoms with Gasteiger partial charge < -0.3 is 14.0 Å².